The average Bonchev–Trinajstić information content (AvgIpc) is 1.56. The Morgan fingerprint density at radius 2 is 1.29 bits per heavy atom. The van der Waals surface area contributed by atoms with Gasteiger partial charge in [0.25, 0.3) is 11.8 Å². The molecule has 0 radical (unpaired) electrons. The Bertz CT molecular complexity index is 3650. The predicted octanol–water partition coefficient (Wildman–Crippen LogP) is 13.0. The van der Waals surface area contributed by atoms with E-state index in [2.05, 4.69) is 32.6 Å². The molecule has 524 valence electrons. The molecule has 3 fully saturated rings. The Labute approximate surface area is 568 Å². The Morgan fingerprint density at radius 3 is 1.99 bits per heavy atom. The molecular formula is C75H87F7N8O8. The third-order valence-corrected chi connectivity index (χ3v) is 19.8. The number of hydrogen-bond acceptors (Lipinski definition) is 11. The number of morpholine rings is 1. The molecule has 2 atom stereocenters. The molecule has 1 aliphatic carbocycles. The van der Waals surface area contributed by atoms with E-state index in [4.69, 9.17) is 14.2 Å². The Morgan fingerprint density at radius 1 is 0.643 bits per heavy atom. The number of piperidine rings is 2. The Balaban J connectivity index is 0.609. The molecule has 5 amide bonds. The number of anilines is 2. The van der Waals surface area contributed by atoms with Crippen molar-refractivity contribution in [1.29, 1.82) is 0 Å². The van der Waals surface area contributed by atoms with Gasteiger partial charge >= 0.3 is 18.4 Å². The van der Waals surface area contributed by atoms with Gasteiger partial charge in [0.1, 0.15) is 24.1 Å². The van der Waals surface area contributed by atoms with Crippen LogP contribution in [0.15, 0.2) is 146 Å². The standard InChI is InChI=1S/C75H87F7N8O8/c1-85(36-14-37-87(3)69(93)54-22-28-61(29-23-54)83-35-13-5-8-21-67(91)86(2)43-44-88-38-30-62(31-39-88)98-71(95)84-65-20-12-10-18-63(65)53-15-6-4-7-16-53)68(92)51-96-66-49-55-17-9-11-19-64(55)72(66)32-40-89(41-33-72)42-34-73(57-24-26-60(76)27-25-57)52-90(45-46-97-73)70(94)56-47-58(74(77,78)79)50-59(48-56)75(80,81)82/h4,6-7,9-12,15-20,22-29,47-48,50,62,66,83H,5,8,13-14,21,30-46,49,51-52H2,1-3H3,(H,84,95)/t66?,73-/m0/s1. The summed E-state index contributed by atoms with van der Waals surface area (Å²) < 4.78 is 116. The average molecular weight is 1360 g/mol. The zero-order valence-electron chi connectivity index (χ0n) is 55.8. The van der Waals surface area contributed by atoms with Crippen molar-refractivity contribution in [2.24, 2.45) is 0 Å². The summed E-state index contributed by atoms with van der Waals surface area (Å²) in [4.78, 5) is 77.7. The molecule has 98 heavy (non-hydrogen) atoms. The first-order valence-corrected chi connectivity index (χ1v) is 33.8. The van der Waals surface area contributed by atoms with Crippen LogP contribution in [0.4, 0.5) is 46.9 Å². The lowest BCUT2D eigenvalue weighted by Gasteiger charge is -2.46. The Hall–Kier alpha value is -8.38. The zero-order chi connectivity index (χ0) is 69.6. The number of carbonyl (C=O) groups excluding carboxylic acids is 5. The van der Waals surface area contributed by atoms with Gasteiger partial charge in [0, 0.05) is 114 Å². The van der Waals surface area contributed by atoms with Crippen LogP contribution in [0.3, 0.4) is 0 Å². The smallest absolute Gasteiger partial charge is 0.416 e. The van der Waals surface area contributed by atoms with Gasteiger partial charge in [-0.1, -0.05) is 91.3 Å². The van der Waals surface area contributed by atoms with Gasteiger partial charge in [0.2, 0.25) is 11.8 Å². The minimum atomic E-state index is -5.14. The molecule has 3 saturated heterocycles. The van der Waals surface area contributed by atoms with Crippen LogP contribution < -0.4 is 10.6 Å². The molecule has 6 aromatic carbocycles. The molecule has 3 aliphatic heterocycles. The summed E-state index contributed by atoms with van der Waals surface area (Å²) in [5, 5.41) is 6.35. The second-order valence-electron chi connectivity index (χ2n) is 26.3. The zero-order valence-corrected chi connectivity index (χ0v) is 55.8. The van der Waals surface area contributed by atoms with Crippen LogP contribution in [0.25, 0.3) is 11.1 Å². The van der Waals surface area contributed by atoms with Crippen molar-refractivity contribution < 1.29 is 68.9 Å². The van der Waals surface area contributed by atoms with Gasteiger partial charge in [-0.25, -0.2) is 9.18 Å². The van der Waals surface area contributed by atoms with Gasteiger partial charge in [0.15, 0.2) is 0 Å². The molecule has 0 bridgehead atoms. The molecular weight excluding hydrogens is 1270 g/mol. The number of alkyl halides is 6. The molecule has 2 N–H and O–H groups in total. The molecule has 16 nitrogen and oxygen atoms in total. The van der Waals surface area contributed by atoms with E-state index in [1.807, 2.05) is 85.9 Å². The number of halogens is 7. The molecule has 23 heteroatoms. The molecule has 0 saturated carbocycles. The number of likely N-dealkylation sites (tertiary alicyclic amines) is 2. The lowest BCUT2D eigenvalue weighted by atomic mass is 9.72. The summed E-state index contributed by atoms with van der Waals surface area (Å²) in [5.41, 5.74) is 1.23. The second kappa shape index (κ2) is 32.5. The number of nitrogens with zero attached hydrogens (tertiary/aromatic N) is 6. The van der Waals surface area contributed by atoms with Crippen LogP contribution in [0.1, 0.15) is 113 Å². The highest BCUT2D eigenvalue weighted by Gasteiger charge is 2.50. The van der Waals surface area contributed by atoms with Crippen molar-refractivity contribution in [1.82, 2.24) is 29.4 Å². The number of benzene rings is 6. The van der Waals surface area contributed by atoms with E-state index in [-0.39, 0.29) is 68.7 Å². The van der Waals surface area contributed by atoms with Crippen LogP contribution in [-0.2, 0) is 53.6 Å². The highest BCUT2D eigenvalue weighted by Crippen LogP contribution is 2.48. The van der Waals surface area contributed by atoms with Gasteiger partial charge in [-0.3, -0.25) is 24.5 Å². The number of ether oxygens (including phenoxy) is 3. The highest BCUT2D eigenvalue weighted by molar-refractivity contribution is 5.95. The first kappa shape index (κ1) is 72.4. The van der Waals surface area contributed by atoms with Crippen molar-refractivity contribution in [3.63, 3.8) is 0 Å². The minimum absolute atomic E-state index is 0.0158. The lowest BCUT2D eigenvalue weighted by Crippen LogP contribution is -2.54. The number of carbonyl (C=O) groups is 5. The van der Waals surface area contributed by atoms with Crippen LogP contribution in [0, 0.1) is 5.82 Å². The maximum atomic E-state index is 14.3. The van der Waals surface area contributed by atoms with Gasteiger partial charge in [-0.2, -0.15) is 26.3 Å². The van der Waals surface area contributed by atoms with Crippen molar-refractivity contribution in [2.45, 2.75) is 106 Å². The molecule has 1 spiro atoms. The summed E-state index contributed by atoms with van der Waals surface area (Å²) in [6.07, 6.45) is -4.02. The molecule has 0 aromatic heterocycles. The molecule has 6 aromatic rings. The van der Waals surface area contributed by atoms with Gasteiger partial charge in [0.05, 0.1) is 36.1 Å². The third-order valence-electron chi connectivity index (χ3n) is 19.8. The Kier molecular flexibility index (Phi) is 24.0. The fourth-order valence-electron chi connectivity index (χ4n) is 13.9. The number of hydrogen-bond donors (Lipinski definition) is 2. The molecule has 10 rings (SSSR count). The predicted molar refractivity (Wildman–Crippen MR) is 360 cm³/mol. The monoisotopic (exact) mass is 1360 g/mol. The lowest BCUT2D eigenvalue weighted by molar-refractivity contribution is -0.143. The van der Waals surface area contributed by atoms with Crippen molar-refractivity contribution in [3.05, 3.63) is 190 Å². The second-order valence-corrected chi connectivity index (χ2v) is 26.3. The van der Waals surface area contributed by atoms with Gasteiger partial charge in [-0.05, 0) is 154 Å². The van der Waals surface area contributed by atoms with Gasteiger partial charge < -0.3 is 48.9 Å². The van der Waals surface area contributed by atoms with E-state index in [0.29, 0.717) is 107 Å². The largest absolute Gasteiger partial charge is 0.446 e. The van der Waals surface area contributed by atoms with Crippen LogP contribution in [0.5, 0.6) is 0 Å². The van der Waals surface area contributed by atoms with E-state index >= 15 is 0 Å². The van der Waals surface area contributed by atoms with E-state index in [0.717, 1.165) is 79.7 Å². The van der Waals surface area contributed by atoms with Crippen LogP contribution in [-0.4, -0.2) is 184 Å². The van der Waals surface area contributed by atoms with E-state index in [9.17, 15) is 54.7 Å². The summed E-state index contributed by atoms with van der Waals surface area (Å²) >= 11 is 0. The van der Waals surface area contributed by atoms with Crippen LogP contribution >= 0.6 is 0 Å². The first-order valence-electron chi connectivity index (χ1n) is 33.8. The molecule has 1 unspecified atom stereocenters. The van der Waals surface area contributed by atoms with Gasteiger partial charge in [-0.15, -0.1) is 0 Å². The number of fused-ring (bicyclic) bond motifs is 2. The molecule has 4 aliphatic rings. The number of amides is 5. The number of para-hydroxylation sites is 1. The topological polar surface area (TPSA) is 157 Å². The first-order chi connectivity index (χ1) is 47.0. The number of nitrogens with one attached hydrogen (secondary N) is 2. The fraction of sp³-hybridized carbons (Fsp3) is 0.453. The fourth-order valence-corrected chi connectivity index (χ4v) is 13.9. The summed E-state index contributed by atoms with van der Waals surface area (Å²) in [6, 6.07) is 39.4. The normalized spacial score (nSPS) is 18.2. The minimum Gasteiger partial charge on any atom is -0.446 e. The van der Waals surface area contributed by atoms with Crippen molar-refractivity contribution in [3.8, 4) is 11.1 Å². The summed E-state index contributed by atoms with van der Waals surface area (Å²) in [6.45, 7) is 5.57. The van der Waals surface area contributed by atoms with Crippen LogP contribution in [0.2, 0.25) is 0 Å². The molecule has 3 heterocycles. The quantitative estimate of drug-likeness (QED) is 0.0394. The summed E-state index contributed by atoms with van der Waals surface area (Å²) in [5.74, 6) is -1.77. The van der Waals surface area contributed by atoms with Crippen molar-refractivity contribution >= 4 is 41.1 Å². The van der Waals surface area contributed by atoms with E-state index < -0.39 is 57.9 Å². The maximum Gasteiger partial charge on any atom is 0.416 e. The number of likely N-dealkylation sites (N-methyl/N-ethyl adjacent to an activating group) is 2. The van der Waals surface area contributed by atoms with Crippen molar-refractivity contribution in [2.75, 3.05) is 124 Å². The number of unbranched alkanes of at least 4 members (excludes halogenated alkanes) is 2. The highest BCUT2D eigenvalue weighted by atomic mass is 19.4. The summed E-state index contributed by atoms with van der Waals surface area (Å²) in [7, 11) is 5.31. The SMILES string of the molecule is CN(CCN1CCC(OC(=O)Nc2ccccc2-c2ccccc2)CC1)C(=O)CCCCCNc1ccc(C(=O)N(C)CCCN(C)C(=O)COC2Cc3ccccc3C23CCN(CC[C@@]2(c4ccc(F)cc4)CN(C(=O)c4cc(C(F)(F)F)cc(C(F)(F)F)c4)CCO2)CC3)cc1. The van der Waals surface area contributed by atoms with E-state index in [1.165, 1.54) is 29.2 Å². The maximum absolute atomic E-state index is 14.3. The number of rotatable bonds is 26. The van der Waals surface area contributed by atoms with E-state index in [1.54, 1.807) is 40.9 Å². The third kappa shape index (κ3) is 18.5.